The van der Waals surface area contributed by atoms with Crippen LogP contribution >= 0.6 is 45.5 Å². The number of fused-ring (bicyclic) bond motifs is 1. The molecule has 0 saturated carbocycles. The third-order valence-corrected chi connectivity index (χ3v) is 5.44. The van der Waals surface area contributed by atoms with Crippen molar-refractivity contribution in [3.8, 4) is 0 Å². The van der Waals surface area contributed by atoms with Gasteiger partial charge in [0.15, 0.2) is 0 Å². The molecular weight excluding hydrogens is 415 g/mol. The Morgan fingerprint density at radius 1 is 1.38 bits per heavy atom. The smallest absolute Gasteiger partial charge is 0.128 e. The fraction of sp³-hybridized carbons (Fsp3) is 0.312. The van der Waals surface area contributed by atoms with Gasteiger partial charge in [-0.1, -0.05) is 13.0 Å². The first kappa shape index (κ1) is 15.3. The summed E-state index contributed by atoms with van der Waals surface area (Å²) in [4.78, 5) is 6.14. The first-order valence-corrected chi connectivity index (χ1v) is 9.36. The maximum Gasteiger partial charge on any atom is 0.128 e. The summed E-state index contributed by atoms with van der Waals surface area (Å²) in [5.74, 6) is 0.953. The lowest BCUT2D eigenvalue weighted by molar-refractivity contribution is 0.564. The molecule has 0 aliphatic rings. The van der Waals surface area contributed by atoms with E-state index in [0.717, 1.165) is 23.3 Å². The van der Waals surface area contributed by atoms with Gasteiger partial charge in [-0.05, 0) is 65.6 Å². The van der Waals surface area contributed by atoms with E-state index in [-0.39, 0.29) is 5.38 Å². The molecule has 2 aromatic heterocycles. The molecule has 2 heterocycles. The molecule has 0 aliphatic carbocycles. The maximum absolute atomic E-state index is 6.40. The zero-order chi connectivity index (χ0) is 15.0. The first-order valence-electron chi connectivity index (χ1n) is 6.96. The van der Waals surface area contributed by atoms with Crippen LogP contribution in [-0.4, -0.2) is 9.55 Å². The second-order valence-electron chi connectivity index (χ2n) is 5.03. The molecular formula is C16H16ClIN2S. The molecule has 0 spiro atoms. The lowest BCUT2D eigenvalue weighted by atomic mass is 10.1. The third-order valence-electron chi connectivity index (χ3n) is 3.60. The minimum Gasteiger partial charge on any atom is -0.318 e. The van der Waals surface area contributed by atoms with Crippen LogP contribution in [0.15, 0.2) is 35.7 Å². The van der Waals surface area contributed by atoms with E-state index in [4.69, 9.17) is 16.6 Å². The molecule has 0 radical (unpaired) electrons. The van der Waals surface area contributed by atoms with E-state index in [2.05, 4.69) is 69.8 Å². The molecule has 2 unspecified atom stereocenters. The Hall–Kier alpha value is -0.590. The van der Waals surface area contributed by atoms with Gasteiger partial charge >= 0.3 is 0 Å². The lowest BCUT2D eigenvalue weighted by Gasteiger charge is -2.20. The summed E-state index contributed by atoms with van der Waals surface area (Å²) in [6, 6.07) is 11.0. The predicted octanol–water partition coefficient (Wildman–Crippen LogP) is 6.00. The van der Waals surface area contributed by atoms with Gasteiger partial charge in [0.05, 0.1) is 22.5 Å². The normalized spacial score (nSPS) is 14.5. The Balaban J connectivity index is 2.26. The predicted molar refractivity (Wildman–Crippen MR) is 99.5 cm³/mol. The maximum atomic E-state index is 6.40. The monoisotopic (exact) mass is 430 g/mol. The summed E-state index contributed by atoms with van der Waals surface area (Å²) >= 11 is 10.5. The average molecular weight is 431 g/mol. The van der Waals surface area contributed by atoms with Gasteiger partial charge < -0.3 is 4.57 Å². The average Bonchev–Trinajstić information content (AvgIpc) is 3.08. The summed E-state index contributed by atoms with van der Waals surface area (Å²) < 4.78 is 3.51. The van der Waals surface area contributed by atoms with Gasteiger partial charge in [-0.15, -0.1) is 22.9 Å². The van der Waals surface area contributed by atoms with E-state index in [1.165, 1.54) is 8.45 Å². The van der Waals surface area contributed by atoms with Crippen molar-refractivity contribution < 1.29 is 0 Å². The van der Waals surface area contributed by atoms with Crippen molar-refractivity contribution in [2.24, 2.45) is 0 Å². The van der Waals surface area contributed by atoms with E-state index < -0.39 is 0 Å². The Bertz CT molecular complexity index is 749. The standard InChI is InChI=1S/C16H16ClIN2S/c1-3-13(15-5-4-8-21-15)20-14-7-6-11(18)9-12(14)19-16(20)10(2)17/h4-10,13H,3H2,1-2H3. The summed E-state index contributed by atoms with van der Waals surface area (Å²) in [5.41, 5.74) is 2.19. The van der Waals surface area contributed by atoms with Gasteiger partial charge in [0.2, 0.25) is 0 Å². The zero-order valence-corrected chi connectivity index (χ0v) is 15.6. The zero-order valence-electron chi connectivity index (χ0n) is 11.9. The second kappa shape index (κ2) is 6.26. The quantitative estimate of drug-likeness (QED) is 0.366. The van der Waals surface area contributed by atoms with Crippen molar-refractivity contribution >= 4 is 56.6 Å². The molecule has 0 aliphatic heterocycles. The number of imidazole rings is 1. The highest BCUT2D eigenvalue weighted by Crippen LogP contribution is 2.34. The van der Waals surface area contributed by atoms with Crippen LogP contribution in [0.5, 0.6) is 0 Å². The number of halogens is 2. The molecule has 21 heavy (non-hydrogen) atoms. The Labute approximate surface area is 147 Å². The van der Waals surface area contributed by atoms with E-state index in [1.807, 2.05) is 6.92 Å². The van der Waals surface area contributed by atoms with Crippen LogP contribution in [0, 0.1) is 3.57 Å². The molecule has 5 heteroatoms. The van der Waals surface area contributed by atoms with Crippen LogP contribution in [0.25, 0.3) is 11.0 Å². The van der Waals surface area contributed by atoms with Crippen molar-refractivity contribution in [1.82, 2.24) is 9.55 Å². The van der Waals surface area contributed by atoms with E-state index >= 15 is 0 Å². The summed E-state index contributed by atoms with van der Waals surface area (Å²) in [7, 11) is 0. The highest BCUT2D eigenvalue weighted by molar-refractivity contribution is 14.1. The van der Waals surface area contributed by atoms with Crippen molar-refractivity contribution in [2.75, 3.05) is 0 Å². The van der Waals surface area contributed by atoms with Crippen molar-refractivity contribution in [1.29, 1.82) is 0 Å². The van der Waals surface area contributed by atoms with Crippen LogP contribution in [-0.2, 0) is 0 Å². The fourth-order valence-electron chi connectivity index (χ4n) is 2.69. The van der Waals surface area contributed by atoms with Crippen molar-refractivity contribution in [2.45, 2.75) is 31.7 Å². The van der Waals surface area contributed by atoms with Crippen LogP contribution in [0.3, 0.4) is 0 Å². The summed E-state index contributed by atoms with van der Waals surface area (Å²) in [5, 5.41) is 2.02. The molecule has 2 atom stereocenters. The number of nitrogens with zero attached hydrogens (tertiary/aromatic N) is 2. The SMILES string of the molecule is CCC(c1cccs1)n1c(C(C)Cl)nc2cc(I)ccc21. The summed E-state index contributed by atoms with van der Waals surface area (Å²) in [6.45, 7) is 4.21. The second-order valence-corrected chi connectivity index (χ2v) is 7.91. The highest BCUT2D eigenvalue weighted by atomic mass is 127. The number of alkyl halides is 1. The first-order chi connectivity index (χ1) is 10.1. The van der Waals surface area contributed by atoms with Gasteiger partial charge in [-0.25, -0.2) is 4.98 Å². The van der Waals surface area contributed by atoms with Crippen molar-refractivity contribution in [3.05, 3.63) is 50.0 Å². The van der Waals surface area contributed by atoms with E-state index in [9.17, 15) is 0 Å². The van der Waals surface area contributed by atoms with Gasteiger partial charge in [0.1, 0.15) is 5.82 Å². The molecule has 110 valence electrons. The molecule has 0 fully saturated rings. The largest absolute Gasteiger partial charge is 0.318 e. The molecule has 3 aromatic rings. The molecule has 0 bridgehead atoms. The summed E-state index contributed by atoms with van der Waals surface area (Å²) in [6.07, 6.45) is 1.02. The van der Waals surface area contributed by atoms with Crippen LogP contribution in [0.2, 0.25) is 0 Å². The van der Waals surface area contributed by atoms with Gasteiger partial charge in [0, 0.05) is 8.45 Å². The van der Waals surface area contributed by atoms with Crippen molar-refractivity contribution in [3.63, 3.8) is 0 Å². The van der Waals surface area contributed by atoms with Crippen LogP contribution in [0.1, 0.15) is 42.4 Å². The van der Waals surface area contributed by atoms with E-state index in [0.29, 0.717) is 6.04 Å². The number of benzene rings is 1. The van der Waals surface area contributed by atoms with E-state index in [1.54, 1.807) is 11.3 Å². The molecule has 3 rings (SSSR count). The topological polar surface area (TPSA) is 17.8 Å². The number of hydrogen-bond donors (Lipinski definition) is 0. The van der Waals surface area contributed by atoms with Gasteiger partial charge in [-0.2, -0.15) is 0 Å². The third kappa shape index (κ3) is 2.85. The Morgan fingerprint density at radius 2 is 2.19 bits per heavy atom. The number of aromatic nitrogens is 2. The fourth-order valence-corrected chi connectivity index (χ4v) is 4.22. The van der Waals surface area contributed by atoms with Gasteiger partial charge in [-0.3, -0.25) is 0 Å². The minimum absolute atomic E-state index is 0.107. The molecule has 0 amide bonds. The number of thiophene rings is 1. The molecule has 0 N–H and O–H groups in total. The molecule has 0 saturated heterocycles. The van der Waals surface area contributed by atoms with Crippen LogP contribution in [0.4, 0.5) is 0 Å². The Kier molecular flexibility index (Phi) is 4.57. The molecule has 2 nitrogen and oxygen atoms in total. The van der Waals surface area contributed by atoms with Crippen LogP contribution < -0.4 is 0 Å². The number of hydrogen-bond acceptors (Lipinski definition) is 2. The lowest BCUT2D eigenvalue weighted by Crippen LogP contribution is -2.12. The number of rotatable bonds is 4. The molecule has 1 aromatic carbocycles. The highest BCUT2D eigenvalue weighted by Gasteiger charge is 2.22. The minimum atomic E-state index is -0.107. The van der Waals surface area contributed by atoms with Gasteiger partial charge in [0.25, 0.3) is 0 Å². The Morgan fingerprint density at radius 3 is 2.81 bits per heavy atom.